The summed E-state index contributed by atoms with van der Waals surface area (Å²) in [6.45, 7) is 0. The molecule has 0 radical (unpaired) electrons. The van der Waals surface area contributed by atoms with Gasteiger partial charge in [0.25, 0.3) is 0 Å². The topological polar surface area (TPSA) is 0 Å². The third-order valence-electron chi connectivity index (χ3n) is 3.25. The van der Waals surface area contributed by atoms with Crippen LogP contribution < -0.4 is 17.0 Å². The van der Waals surface area contributed by atoms with Crippen LogP contribution in [0, 0.1) is 0 Å². The van der Waals surface area contributed by atoms with E-state index in [1.807, 2.05) is 0 Å². The number of benzene rings is 3. The highest BCUT2D eigenvalue weighted by Gasteiger charge is 2.27. The Balaban J connectivity index is 0.00000176. The van der Waals surface area contributed by atoms with Crippen molar-refractivity contribution in [2.24, 2.45) is 0 Å². The average molecular weight is 389 g/mol. The van der Waals surface area contributed by atoms with Crippen LogP contribution in [0.15, 0.2) is 105 Å². The lowest BCUT2D eigenvalue weighted by Gasteiger charge is -2.08. The van der Waals surface area contributed by atoms with E-state index < -0.39 is 0 Å². The van der Waals surface area contributed by atoms with Gasteiger partial charge in [-0.2, -0.15) is 0 Å². The van der Waals surface area contributed by atoms with E-state index in [1.54, 1.807) is 11.8 Å². The zero-order valence-corrected chi connectivity index (χ0v) is 15.5. The average Bonchev–Trinajstić information content (AvgIpc) is 2.58. The Hall–Kier alpha value is -1.16. The molecule has 112 valence electrons. The highest BCUT2D eigenvalue weighted by atomic mass is 79.9. The van der Waals surface area contributed by atoms with Crippen LogP contribution in [0.4, 0.5) is 0 Å². The van der Waals surface area contributed by atoms with Crippen molar-refractivity contribution in [1.82, 2.24) is 0 Å². The normalized spacial score (nSPS) is 10.3. The molecular weight excluding hydrogens is 372 g/mol. The van der Waals surface area contributed by atoms with Crippen molar-refractivity contribution >= 4 is 22.7 Å². The molecule has 0 N–H and O–H groups in total. The second-order valence-electron chi connectivity index (χ2n) is 4.61. The summed E-state index contributed by atoms with van der Waals surface area (Å²) in [5, 5.41) is 0. The molecular formula is C19H17BrS2. The first-order valence-electron chi connectivity index (χ1n) is 6.87. The fourth-order valence-corrected chi connectivity index (χ4v) is 4.72. The maximum Gasteiger partial charge on any atom is 0.166 e. The van der Waals surface area contributed by atoms with Crippen LogP contribution in [0.2, 0.25) is 0 Å². The molecule has 3 heteroatoms. The maximum absolute atomic E-state index is 2.26. The summed E-state index contributed by atoms with van der Waals surface area (Å²) < 4.78 is 0. The van der Waals surface area contributed by atoms with E-state index in [9.17, 15) is 0 Å². The number of thioether (sulfide) groups is 1. The van der Waals surface area contributed by atoms with Crippen LogP contribution in [0.25, 0.3) is 0 Å². The molecule has 3 aromatic rings. The van der Waals surface area contributed by atoms with Crippen molar-refractivity contribution in [1.29, 1.82) is 0 Å². The molecule has 0 atom stereocenters. The van der Waals surface area contributed by atoms with Gasteiger partial charge in [-0.15, -0.1) is 11.8 Å². The van der Waals surface area contributed by atoms with Gasteiger partial charge in [0, 0.05) is 4.90 Å². The SMILES string of the molecule is CSc1ccc([S+](c2ccccc2)c2ccccc2)cc1.[Br-]. The predicted molar refractivity (Wildman–Crippen MR) is 93.3 cm³/mol. The van der Waals surface area contributed by atoms with Crippen molar-refractivity contribution in [3.8, 4) is 0 Å². The van der Waals surface area contributed by atoms with Gasteiger partial charge in [0.2, 0.25) is 0 Å². The van der Waals surface area contributed by atoms with Gasteiger partial charge in [0.15, 0.2) is 14.7 Å². The Morgan fingerprint density at radius 1 is 0.591 bits per heavy atom. The van der Waals surface area contributed by atoms with Gasteiger partial charge in [0.05, 0.1) is 10.9 Å². The molecule has 0 aliphatic carbocycles. The molecule has 0 aliphatic rings. The quantitative estimate of drug-likeness (QED) is 0.488. The molecule has 0 nitrogen and oxygen atoms in total. The van der Waals surface area contributed by atoms with E-state index in [2.05, 4.69) is 91.2 Å². The predicted octanol–water partition coefficient (Wildman–Crippen LogP) is 2.51. The Morgan fingerprint density at radius 3 is 1.41 bits per heavy atom. The first kappa shape index (κ1) is 17.2. The van der Waals surface area contributed by atoms with Gasteiger partial charge in [-0.05, 0) is 54.8 Å². The van der Waals surface area contributed by atoms with Gasteiger partial charge in [-0.3, -0.25) is 0 Å². The van der Waals surface area contributed by atoms with Crippen LogP contribution in [-0.2, 0) is 10.9 Å². The number of hydrogen-bond donors (Lipinski definition) is 0. The van der Waals surface area contributed by atoms with Crippen LogP contribution in [0.3, 0.4) is 0 Å². The summed E-state index contributed by atoms with van der Waals surface area (Å²) in [6.07, 6.45) is 2.11. The molecule has 0 saturated heterocycles. The van der Waals surface area contributed by atoms with Crippen molar-refractivity contribution in [2.75, 3.05) is 6.26 Å². The second-order valence-corrected chi connectivity index (χ2v) is 7.51. The molecule has 0 aromatic heterocycles. The third-order valence-corrected chi connectivity index (χ3v) is 6.23. The highest BCUT2D eigenvalue weighted by molar-refractivity contribution is 7.98. The molecule has 0 spiro atoms. The summed E-state index contributed by atoms with van der Waals surface area (Å²) in [5.41, 5.74) is 0. The van der Waals surface area contributed by atoms with Crippen LogP contribution in [-0.4, -0.2) is 6.26 Å². The summed E-state index contributed by atoms with van der Waals surface area (Å²) >= 11 is 1.78. The Kier molecular flexibility index (Phi) is 6.62. The molecule has 0 unspecified atom stereocenters. The minimum absolute atomic E-state index is 0. The monoisotopic (exact) mass is 388 g/mol. The Bertz CT molecular complexity index is 642. The molecule has 3 aromatic carbocycles. The summed E-state index contributed by atoms with van der Waals surface area (Å²) in [7, 11) is -0.0341. The lowest BCUT2D eigenvalue weighted by molar-refractivity contribution is -0.00000413. The minimum atomic E-state index is -0.0341. The third kappa shape index (κ3) is 3.97. The van der Waals surface area contributed by atoms with E-state index in [-0.39, 0.29) is 27.9 Å². The van der Waals surface area contributed by atoms with Crippen molar-refractivity contribution in [2.45, 2.75) is 19.6 Å². The number of halogens is 1. The van der Waals surface area contributed by atoms with Gasteiger partial charge >= 0.3 is 0 Å². The minimum Gasteiger partial charge on any atom is -1.00 e. The van der Waals surface area contributed by atoms with Gasteiger partial charge in [-0.1, -0.05) is 36.4 Å². The first-order chi connectivity index (χ1) is 10.4. The maximum atomic E-state index is 2.26. The Labute approximate surface area is 150 Å². The standard InChI is InChI=1S/C19H17S2.BrH/c1-20-16-12-14-19(15-13-16)21(17-8-4-2-5-9-17)18-10-6-3-7-11-18;/h2-15H,1H3;1H/q+1;/p-1. The lowest BCUT2D eigenvalue weighted by Crippen LogP contribution is -3.00. The van der Waals surface area contributed by atoms with Crippen LogP contribution in [0.5, 0.6) is 0 Å². The summed E-state index contributed by atoms with van der Waals surface area (Å²) in [6, 6.07) is 30.5. The zero-order valence-electron chi connectivity index (χ0n) is 12.3. The van der Waals surface area contributed by atoms with E-state index >= 15 is 0 Å². The van der Waals surface area contributed by atoms with Crippen molar-refractivity contribution in [3.05, 3.63) is 84.9 Å². The molecule has 0 saturated carbocycles. The summed E-state index contributed by atoms with van der Waals surface area (Å²) in [5.74, 6) is 0. The molecule has 3 rings (SSSR count). The number of rotatable bonds is 4. The van der Waals surface area contributed by atoms with Crippen molar-refractivity contribution < 1.29 is 17.0 Å². The molecule has 0 amide bonds. The van der Waals surface area contributed by atoms with E-state index in [0.29, 0.717) is 0 Å². The fourth-order valence-electron chi connectivity index (χ4n) is 2.23. The highest BCUT2D eigenvalue weighted by Crippen LogP contribution is 2.31. The summed E-state index contributed by atoms with van der Waals surface area (Å²) in [4.78, 5) is 5.40. The molecule has 0 fully saturated rings. The lowest BCUT2D eigenvalue weighted by atomic mass is 10.4. The molecule has 0 aliphatic heterocycles. The number of hydrogen-bond acceptors (Lipinski definition) is 1. The van der Waals surface area contributed by atoms with Gasteiger partial charge in [-0.25, -0.2) is 0 Å². The van der Waals surface area contributed by atoms with Gasteiger partial charge < -0.3 is 17.0 Å². The first-order valence-corrected chi connectivity index (χ1v) is 9.32. The van der Waals surface area contributed by atoms with Crippen LogP contribution in [0.1, 0.15) is 0 Å². The second kappa shape index (κ2) is 8.47. The molecule has 0 bridgehead atoms. The smallest absolute Gasteiger partial charge is 0.166 e. The largest absolute Gasteiger partial charge is 1.00 e. The molecule has 0 heterocycles. The van der Waals surface area contributed by atoms with Crippen LogP contribution >= 0.6 is 11.8 Å². The van der Waals surface area contributed by atoms with E-state index in [1.165, 1.54) is 19.6 Å². The Morgan fingerprint density at radius 2 is 1.00 bits per heavy atom. The van der Waals surface area contributed by atoms with Crippen molar-refractivity contribution in [3.63, 3.8) is 0 Å². The fraction of sp³-hybridized carbons (Fsp3) is 0.0526. The molecule has 22 heavy (non-hydrogen) atoms. The zero-order chi connectivity index (χ0) is 14.5. The van der Waals surface area contributed by atoms with Gasteiger partial charge in [0.1, 0.15) is 0 Å². The van der Waals surface area contributed by atoms with E-state index in [0.717, 1.165) is 0 Å². The van der Waals surface area contributed by atoms with E-state index in [4.69, 9.17) is 0 Å².